The summed E-state index contributed by atoms with van der Waals surface area (Å²) in [5.74, 6) is 0.962. The van der Waals surface area contributed by atoms with E-state index in [9.17, 15) is 0 Å². The third kappa shape index (κ3) is 2.43. The molecule has 106 valence electrons. The predicted molar refractivity (Wildman–Crippen MR) is 85.0 cm³/mol. The molecule has 4 heteroatoms. The molecule has 20 heavy (non-hydrogen) atoms. The third-order valence-corrected chi connectivity index (χ3v) is 4.26. The minimum absolute atomic E-state index is 0.506. The van der Waals surface area contributed by atoms with E-state index >= 15 is 0 Å². The highest BCUT2D eigenvalue weighted by Gasteiger charge is 2.17. The lowest BCUT2D eigenvalue weighted by Gasteiger charge is -2.30. The summed E-state index contributed by atoms with van der Waals surface area (Å²) in [4.78, 5) is 6.88. The standard InChI is InChI=1S/C16H22N4/c1-11-3-4-14-13(15(11)17)5-8-18-16(14)19-12-6-9-20(2)10-7-12/h3-5,8,12H,6-7,9-10,17H2,1-2H3,(H,18,19). The van der Waals surface area contributed by atoms with Gasteiger partial charge in [-0.05, 0) is 51.5 Å². The molecule has 1 aliphatic rings. The van der Waals surface area contributed by atoms with Crippen molar-refractivity contribution in [1.29, 1.82) is 0 Å². The fourth-order valence-corrected chi connectivity index (χ4v) is 2.85. The number of nitrogens with zero attached hydrogens (tertiary/aromatic N) is 2. The van der Waals surface area contributed by atoms with Crippen molar-refractivity contribution in [3.8, 4) is 0 Å². The Labute approximate surface area is 120 Å². The van der Waals surface area contributed by atoms with Crippen LogP contribution in [-0.4, -0.2) is 36.1 Å². The van der Waals surface area contributed by atoms with Gasteiger partial charge in [0.1, 0.15) is 5.82 Å². The first-order valence-electron chi connectivity index (χ1n) is 7.24. The van der Waals surface area contributed by atoms with Gasteiger partial charge in [-0.1, -0.05) is 12.1 Å². The number of aromatic nitrogens is 1. The molecule has 2 aromatic rings. The Morgan fingerprint density at radius 3 is 2.70 bits per heavy atom. The van der Waals surface area contributed by atoms with Crippen molar-refractivity contribution in [2.45, 2.75) is 25.8 Å². The maximum atomic E-state index is 6.18. The van der Waals surface area contributed by atoms with Crippen LogP contribution in [0.2, 0.25) is 0 Å². The van der Waals surface area contributed by atoms with Crippen molar-refractivity contribution < 1.29 is 0 Å². The van der Waals surface area contributed by atoms with Crippen LogP contribution in [0.5, 0.6) is 0 Å². The zero-order chi connectivity index (χ0) is 14.1. The van der Waals surface area contributed by atoms with Gasteiger partial charge in [-0.2, -0.15) is 0 Å². The maximum Gasteiger partial charge on any atom is 0.134 e. The van der Waals surface area contributed by atoms with Crippen LogP contribution in [0.1, 0.15) is 18.4 Å². The number of nitrogen functional groups attached to an aromatic ring is 1. The van der Waals surface area contributed by atoms with E-state index < -0.39 is 0 Å². The molecule has 2 heterocycles. The van der Waals surface area contributed by atoms with Crippen LogP contribution >= 0.6 is 0 Å². The SMILES string of the molecule is Cc1ccc2c(NC3CCN(C)CC3)nccc2c1N. The van der Waals surface area contributed by atoms with Gasteiger partial charge < -0.3 is 16.0 Å². The number of rotatable bonds is 2. The van der Waals surface area contributed by atoms with Crippen molar-refractivity contribution in [2.75, 3.05) is 31.2 Å². The van der Waals surface area contributed by atoms with Crippen LogP contribution in [0.4, 0.5) is 11.5 Å². The summed E-state index contributed by atoms with van der Waals surface area (Å²) in [6, 6.07) is 6.69. The van der Waals surface area contributed by atoms with Crippen LogP contribution in [0.25, 0.3) is 10.8 Å². The number of pyridine rings is 1. The van der Waals surface area contributed by atoms with Crippen LogP contribution in [0.3, 0.4) is 0 Å². The van der Waals surface area contributed by atoms with Crippen LogP contribution < -0.4 is 11.1 Å². The van der Waals surface area contributed by atoms with Gasteiger partial charge in [0.2, 0.25) is 0 Å². The molecular formula is C16H22N4. The molecule has 0 amide bonds. The Hall–Kier alpha value is -1.81. The number of anilines is 2. The zero-order valence-corrected chi connectivity index (χ0v) is 12.2. The summed E-state index contributed by atoms with van der Waals surface area (Å²) in [5.41, 5.74) is 8.15. The summed E-state index contributed by atoms with van der Waals surface area (Å²) in [6.45, 7) is 4.33. The van der Waals surface area contributed by atoms with E-state index in [2.05, 4.69) is 34.4 Å². The van der Waals surface area contributed by atoms with E-state index in [1.54, 1.807) is 0 Å². The van der Waals surface area contributed by atoms with E-state index in [4.69, 9.17) is 5.73 Å². The largest absolute Gasteiger partial charge is 0.398 e. The Morgan fingerprint density at radius 1 is 1.20 bits per heavy atom. The smallest absolute Gasteiger partial charge is 0.134 e. The topological polar surface area (TPSA) is 54.2 Å². The monoisotopic (exact) mass is 270 g/mol. The molecule has 3 N–H and O–H groups in total. The fourth-order valence-electron chi connectivity index (χ4n) is 2.85. The van der Waals surface area contributed by atoms with Crippen LogP contribution in [0.15, 0.2) is 24.4 Å². The molecule has 0 radical (unpaired) electrons. The lowest BCUT2D eigenvalue weighted by atomic mass is 10.0. The predicted octanol–water partition coefficient (Wildman–Crippen LogP) is 2.63. The van der Waals surface area contributed by atoms with Gasteiger partial charge in [-0.3, -0.25) is 0 Å². The number of benzene rings is 1. The number of likely N-dealkylation sites (tertiary alicyclic amines) is 1. The number of nitrogens with two attached hydrogens (primary N) is 1. The molecule has 3 rings (SSSR count). The van der Waals surface area contributed by atoms with E-state index in [1.807, 2.05) is 19.2 Å². The molecule has 0 bridgehead atoms. The summed E-state index contributed by atoms with van der Waals surface area (Å²) in [5, 5.41) is 5.81. The van der Waals surface area contributed by atoms with E-state index in [1.165, 1.54) is 0 Å². The molecular weight excluding hydrogens is 248 g/mol. The Bertz CT molecular complexity index is 615. The second-order valence-electron chi connectivity index (χ2n) is 5.77. The number of nitrogens with one attached hydrogen (secondary N) is 1. The lowest BCUT2D eigenvalue weighted by Crippen LogP contribution is -2.36. The summed E-state index contributed by atoms with van der Waals surface area (Å²) < 4.78 is 0. The van der Waals surface area contributed by atoms with Gasteiger partial charge in [0, 0.05) is 28.7 Å². The van der Waals surface area contributed by atoms with E-state index in [0.29, 0.717) is 6.04 Å². The van der Waals surface area contributed by atoms with Gasteiger partial charge in [0.25, 0.3) is 0 Å². The van der Waals surface area contributed by atoms with E-state index in [-0.39, 0.29) is 0 Å². The number of piperidine rings is 1. The summed E-state index contributed by atoms with van der Waals surface area (Å²) >= 11 is 0. The quantitative estimate of drug-likeness (QED) is 0.824. The molecule has 0 saturated carbocycles. The molecule has 0 unspecified atom stereocenters. The minimum atomic E-state index is 0.506. The highest BCUT2D eigenvalue weighted by atomic mass is 15.1. The molecule has 4 nitrogen and oxygen atoms in total. The molecule has 1 fully saturated rings. The number of fused-ring (bicyclic) bond motifs is 1. The lowest BCUT2D eigenvalue weighted by molar-refractivity contribution is 0.264. The van der Waals surface area contributed by atoms with Crippen LogP contribution in [0, 0.1) is 6.92 Å². The molecule has 0 spiro atoms. The summed E-state index contributed by atoms with van der Waals surface area (Å²) in [6.07, 6.45) is 4.17. The second kappa shape index (κ2) is 5.29. The second-order valence-corrected chi connectivity index (χ2v) is 5.77. The van der Waals surface area contributed by atoms with Crippen molar-refractivity contribution in [1.82, 2.24) is 9.88 Å². The van der Waals surface area contributed by atoms with Gasteiger partial charge in [0.05, 0.1) is 0 Å². The average Bonchev–Trinajstić information content (AvgIpc) is 2.46. The van der Waals surface area contributed by atoms with Crippen LogP contribution in [-0.2, 0) is 0 Å². The Balaban J connectivity index is 1.90. The first-order valence-corrected chi connectivity index (χ1v) is 7.24. The minimum Gasteiger partial charge on any atom is -0.398 e. The van der Waals surface area contributed by atoms with Gasteiger partial charge in [0.15, 0.2) is 0 Å². The first-order chi connectivity index (χ1) is 9.65. The maximum absolute atomic E-state index is 6.18. The van der Waals surface area contributed by atoms with Crippen molar-refractivity contribution in [3.63, 3.8) is 0 Å². The normalized spacial score (nSPS) is 17.5. The number of aryl methyl sites for hydroxylation is 1. The van der Waals surface area contributed by atoms with Crippen molar-refractivity contribution in [3.05, 3.63) is 30.0 Å². The molecule has 1 aromatic carbocycles. The fraction of sp³-hybridized carbons (Fsp3) is 0.438. The Kier molecular flexibility index (Phi) is 3.49. The average molecular weight is 270 g/mol. The third-order valence-electron chi connectivity index (χ3n) is 4.26. The van der Waals surface area contributed by atoms with Gasteiger partial charge >= 0.3 is 0 Å². The molecule has 0 aliphatic carbocycles. The molecule has 0 atom stereocenters. The number of hydrogen-bond acceptors (Lipinski definition) is 4. The van der Waals surface area contributed by atoms with E-state index in [0.717, 1.165) is 53.8 Å². The zero-order valence-electron chi connectivity index (χ0n) is 12.2. The first kappa shape index (κ1) is 13.2. The highest BCUT2D eigenvalue weighted by molar-refractivity contribution is 6.00. The van der Waals surface area contributed by atoms with Crippen molar-refractivity contribution in [2.24, 2.45) is 0 Å². The summed E-state index contributed by atoms with van der Waals surface area (Å²) in [7, 11) is 2.18. The Morgan fingerprint density at radius 2 is 1.95 bits per heavy atom. The molecule has 1 saturated heterocycles. The number of hydrogen-bond donors (Lipinski definition) is 2. The van der Waals surface area contributed by atoms with Gasteiger partial charge in [-0.15, -0.1) is 0 Å². The molecule has 1 aliphatic heterocycles. The highest BCUT2D eigenvalue weighted by Crippen LogP contribution is 2.29. The van der Waals surface area contributed by atoms with Gasteiger partial charge in [-0.25, -0.2) is 4.98 Å². The molecule has 1 aromatic heterocycles. The van der Waals surface area contributed by atoms with Crippen molar-refractivity contribution >= 4 is 22.3 Å².